The van der Waals surface area contributed by atoms with Gasteiger partial charge in [0, 0.05) is 37.4 Å². The molecule has 5 nitrogen and oxygen atoms in total. The molecule has 0 spiro atoms. The number of nitrogens with zero attached hydrogens (tertiary/aromatic N) is 3. The van der Waals surface area contributed by atoms with Gasteiger partial charge in [0.2, 0.25) is 0 Å². The van der Waals surface area contributed by atoms with Gasteiger partial charge in [-0.05, 0) is 32.4 Å². The fourth-order valence-electron chi connectivity index (χ4n) is 2.93. The van der Waals surface area contributed by atoms with Crippen LogP contribution in [0.15, 0.2) is 35.4 Å². The number of hydrogen-bond acceptors (Lipinski definition) is 4. The average molecular weight is 333 g/mol. The van der Waals surface area contributed by atoms with Gasteiger partial charge < -0.3 is 0 Å². The molecule has 3 rings (SSSR count). The molecular formula is C17H23N3O2S. The smallest absolute Gasteiger partial charge is 0.179 e. The Morgan fingerprint density at radius 3 is 2.70 bits per heavy atom. The van der Waals surface area contributed by atoms with Crippen molar-refractivity contribution in [3.8, 4) is 0 Å². The minimum absolute atomic E-state index is 0.168. The lowest BCUT2D eigenvalue weighted by Crippen LogP contribution is -2.25. The first-order valence-corrected chi connectivity index (χ1v) is 9.59. The number of aryl methyl sites for hydroxylation is 1. The fraction of sp³-hybridized carbons (Fsp3) is 0.471. The third kappa shape index (κ3) is 3.33. The monoisotopic (exact) mass is 333 g/mol. The van der Waals surface area contributed by atoms with E-state index in [0.717, 1.165) is 23.4 Å². The fourth-order valence-corrected chi connectivity index (χ4v) is 4.47. The molecule has 0 aliphatic carbocycles. The van der Waals surface area contributed by atoms with E-state index in [9.17, 15) is 8.42 Å². The maximum Gasteiger partial charge on any atom is 0.179 e. The highest BCUT2D eigenvalue weighted by molar-refractivity contribution is 7.91. The van der Waals surface area contributed by atoms with Crippen LogP contribution < -0.4 is 0 Å². The van der Waals surface area contributed by atoms with E-state index in [4.69, 9.17) is 0 Å². The van der Waals surface area contributed by atoms with Crippen molar-refractivity contribution in [2.45, 2.75) is 44.8 Å². The molecule has 1 aliphatic heterocycles. The lowest BCUT2D eigenvalue weighted by Gasteiger charge is -2.19. The average Bonchev–Trinajstić information content (AvgIpc) is 2.80. The van der Waals surface area contributed by atoms with E-state index < -0.39 is 9.84 Å². The third-order valence-electron chi connectivity index (χ3n) is 4.32. The maximum atomic E-state index is 12.4. The van der Waals surface area contributed by atoms with Crippen molar-refractivity contribution in [1.82, 2.24) is 14.7 Å². The zero-order valence-corrected chi connectivity index (χ0v) is 14.7. The Morgan fingerprint density at radius 2 is 2.00 bits per heavy atom. The molecule has 0 atom stereocenters. The van der Waals surface area contributed by atoms with Gasteiger partial charge in [0.1, 0.15) is 0 Å². The summed E-state index contributed by atoms with van der Waals surface area (Å²) in [6.07, 6.45) is 2.07. The summed E-state index contributed by atoms with van der Waals surface area (Å²) in [4.78, 5) is 2.68. The van der Waals surface area contributed by atoms with E-state index >= 15 is 0 Å². The summed E-state index contributed by atoms with van der Waals surface area (Å²) in [7, 11) is -3.18. The van der Waals surface area contributed by atoms with Crippen molar-refractivity contribution >= 4 is 9.84 Å². The molecule has 1 aromatic carbocycles. The molecular weight excluding hydrogens is 310 g/mol. The summed E-state index contributed by atoms with van der Waals surface area (Å²) in [5.74, 6) is 0.168. The molecule has 0 radical (unpaired) electrons. The van der Waals surface area contributed by atoms with Gasteiger partial charge in [0.15, 0.2) is 9.84 Å². The van der Waals surface area contributed by atoms with Crippen LogP contribution in [0.5, 0.6) is 0 Å². The summed E-state index contributed by atoms with van der Waals surface area (Å²) >= 11 is 0. The summed E-state index contributed by atoms with van der Waals surface area (Å²) in [6, 6.07) is 7.65. The van der Waals surface area contributed by atoms with Crippen molar-refractivity contribution in [3.05, 3.63) is 47.3 Å². The van der Waals surface area contributed by atoms with Crippen LogP contribution in [0, 0.1) is 6.92 Å². The van der Waals surface area contributed by atoms with Gasteiger partial charge in [-0.15, -0.1) is 0 Å². The maximum absolute atomic E-state index is 12.4. The number of aromatic nitrogens is 2. The van der Waals surface area contributed by atoms with Crippen LogP contribution >= 0.6 is 0 Å². The second kappa shape index (κ2) is 6.09. The molecule has 6 heteroatoms. The zero-order chi connectivity index (χ0) is 16.6. The molecule has 0 unspecified atom stereocenters. The molecule has 0 fully saturated rings. The van der Waals surface area contributed by atoms with Gasteiger partial charge in [-0.25, -0.2) is 8.42 Å². The van der Waals surface area contributed by atoms with Crippen LogP contribution in [0.4, 0.5) is 0 Å². The first kappa shape index (κ1) is 16.2. The van der Waals surface area contributed by atoms with Gasteiger partial charge >= 0.3 is 0 Å². The topological polar surface area (TPSA) is 55.2 Å². The van der Waals surface area contributed by atoms with Crippen LogP contribution in [0.1, 0.15) is 36.7 Å². The normalized spacial score (nSPS) is 17.9. The molecule has 0 N–H and O–H groups in total. The van der Waals surface area contributed by atoms with E-state index in [1.807, 2.05) is 23.7 Å². The second-order valence-electron chi connectivity index (χ2n) is 6.45. The molecule has 0 amide bonds. The second-order valence-corrected chi connectivity index (χ2v) is 8.53. The largest absolute Gasteiger partial charge is 0.294 e. The van der Waals surface area contributed by atoms with E-state index in [2.05, 4.69) is 30.0 Å². The number of sulfone groups is 1. The van der Waals surface area contributed by atoms with E-state index in [0.29, 0.717) is 24.0 Å². The van der Waals surface area contributed by atoms with E-state index in [1.165, 1.54) is 0 Å². The Bertz CT molecular complexity index is 809. The van der Waals surface area contributed by atoms with Crippen LogP contribution in [0.2, 0.25) is 0 Å². The van der Waals surface area contributed by atoms with E-state index in [1.54, 1.807) is 12.1 Å². The van der Waals surface area contributed by atoms with Crippen molar-refractivity contribution in [3.63, 3.8) is 0 Å². The molecule has 23 heavy (non-hydrogen) atoms. The van der Waals surface area contributed by atoms with Gasteiger partial charge in [-0.3, -0.25) is 9.58 Å². The van der Waals surface area contributed by atoms with Crippen molar-refractivity contribution in [1.29, 1.82) is 0 Å². The molecule has 124 valence electrons. The molecule has 0 bridgehead atoms. The Labute approximate surface area is 137 Å². The lowest BCUT2D eigenvalue weighted by molar-refractivity contribution is 0.273. The van der Waals surface area contributed by atoms with Gasteiger partial charge in [-0.1, -0.05) is 18.2 Å². The number of rotatable bonds is 3. The third-order valence-corrected chi connectivity index (χ3v) is 6.11. The highest BCUT2D eigenvalue weighted by Gasteiger charge is 2.25. The summed E-state index contributed by atoms with van der Waals surface area (Å²) in [6.45, 7) is 8.14. The van der Waals surface area contributed by atoms with E-state index in [-0.39, 0.29) is 5.75 Å². The minimum atomic E-state index is -3.18. The Balaban J connectivity index is 1.86. The molecule has 1 aliphatic rings. The number of benzene rings is 1. The number of hydrogen-bond donors (Lipinski definition) is 0. The van der Waals surface area contributed by atoms with Gasteiger partial charge in [0.25, 0.3) is 0 Å². The quantitative estimate of drug-likeness (QED) is 0.866. The van der Waals surface area contributed by atoms with Crippen LogP contribution in [-0.2, 0) is 22.9 Å². The molecule has 1 aromatic heterocycles. The summed E-state index contributed by atoms with van der Waals surface area (Å²) in [5.41, 5.74) is 3.06. The minimum Gasteiger partial charge on any atom is -0.294 e. The first-order valence-electron chi connectivity index (χ1n) is 7.94. The Kier molecular flexibility index (Phi) is 4.29. The van der Waals surface area contributed by atoms with Crippen LogP contribution in [0.25, 0.3) is 0 Å². The van der Waals surface area contributed by atoms with Crippen molar-refractivity contribution < 1.29 is 8.42 Å². The standard InChI is InChI=1S/C17H23N3O2S/c1-13(2)20-12-16(14(3)18-20)11-19-8-9-23(21,22)17-7-5-4-6-15(17)10-19/h4-7,12-13H,8-11H2,1-3H3. The zero-order valence-electron chi connectivity index (χ0n) is 13.9. The van der Waals surface area contributed by atoms with Crippen molar-refractivity contribution in [2.24, 2.45) is 0 Å². The molecule has 0 saturated heterocycles. The highest BCUT2D eigenvalue weighted by atomic mass is 32.2. The first-order chi connectivity index (χ1) is 10.9. The highest BCUT2D eigenvalue weighted by Crippen LogP contribution is 2.24. The van der Waals surface area contributed by atoms with Crippen LogP contribution in [0.3, 0.4) is 0 Å². The molecule has 2 aromatic rings. The Hall–Kier alpha value is -1.66. The lowest BCUT2D eigenvalue weighted by atomic mass is 10.2. The predicted molar refractivity (Wildman–Crippen MR) is 90.0 cm³/mol. The predicted octanol–water partition coefficient (Wildman–Crippen LogP) is 2.56. The number of fused-ring (bicyclic) bond motifs is 1. The summed E-state index contributed by atoms with van der Waals surface area (Å²) in [5, 5.41) is 4.54. The summed E-state index contributed by atoms with van der Waals surface area (Å²) < 4.78 is 26.8. The van der Waals surface area contributed by atoms with Crippen molar-refractivity contribution in [2.75, 3.05) is 12.3 Å². The van der Waals surface area contributed by atoms with Gasteiger partial charge in [-0.2, -0.15) is 5.10 Å². The molecule has 0 saturated carbocycles. The molecule has 2 heterocycles. The SMILES string of the molecule is Cc1nn(C(C)C)cc1CN1CCS(=O)(=O)c2ccccc2C1. The Morgan fingerprint density at radius 1 is 1.26 bits per heavy atom. The van der Waals surface area contributed by atoms with Crippen LogP contribution in [-0.4, -0.2) is 35.4 Å². The van der Waals surface area contributed by atoms with Gasteiger partial charge in [0.05, 0.1) is 16.3 Å².